The van der Waals surface area contributed by atoms with E-state index in [1.165, 1.54) is 0 Å². The summed E-state index contributed by atoms with van der Waals surface area (Å²) >= 11 is 16.7. The highest BCUT2D eigenvalue weighted by Gasteiger charge is 2.19. The van der Waals surface area contributed by atoms with Crippen molar-refractivity contribution < 1.29 is 0 Å². The molecule has 8 heteroatoms. The van der Waals surface area contributed by atoms with Gasteiger partial charge in [-0.3, -0.25) is 0 Å². The van der Waals surface area contributed by atoms with Gasteiger partial charge in [0, 0.05) is 4.47 Å². The number of anilines is 2. The van der Waals surface area contributed by atoms with Crippen molar-refractivity contribution in [1.82, 2.24) is 0 Å². The van der Waals surface area contributed by atoms with E-state index in [1.54, 1.807) is 18.2 Å². The maximum atomic E-state index is 9.26. The molecule has 0 atom stereocenters. The van der Waals surface area contributed by atoms with Gasteiger partial charge in [0.05, 0.1) is 38.3 Å². The van der Waals surface area contributed by atoms with Gasteiger partial charge in [0.25, 0.3) is 0 Å². The third kappa shape index (κ3) is 2.58. The van der Waals surface area contributed by atoms with Crippen molar-refractivity contribution in [2.45, 2.75) is 0 Å². The van der Waals surface area contributed by atoms with Crippen molar-refractivity contribution in [3.05, 3.63) is 44.3 Å². The van der Waals surface area contributed by atoms with Crippen LogP contribution in [0.2, 0.25) is 10.0 Å². The Morgan fingerprint density at radius 2 is 1.95 bits per heavy atom. The van der Waals surface area contributed by atoms with Crippen molar-refractivity contribution in [1.29, 1.82) is 5.26 Å². The largest absolute Gasteiger partial charge is 0.351 e. The van der Waals surface area contributed by atoms with Crippen LogP contribution in [0.1, 0.15) is 5.56 Å². The van der Waals surface area contributed by atoms with Gasteiger partial charge in [-0.25, -0.2) is 0 Å². The lowest BCUT2D eigenvalue weighted by atomic mass is 10.1. The van der Waals surface area contributed by atoms with Gasteiger partial charge in [0.15, 0.2) is 0 Å². The number of nitriles is 1. The summed E-state index contributed by atoms with van der Waals surface area (Å²) < 4.78 is 9.07. The minimum absolute atomic E-state index is 0.420. The van der Waals surface area contributed by atoms with Crippen LogP contribution >= 0.6 is 39.1 Å². The molecule has 0 fully saturated rings. The molecule has 104 valence electrons. The Bertz CT molecular complexity index is 869. The first-order valence-electron chi connectivity index (χ1n) is 5.67. The van der Waals surface area contributed by atoms with Gasteiger partial charge < -0.3 is 5.32 Å². The molecule has 1 aliphatic rings. The predicted molar refractivity (Wildman–Crippen MR) is 90.1 cm³/mol. The Hall–Kier alpha value is -1.39. The fourth-order valence-electron chi connectivity index (χ4n) is 1.87. The van der Waals surface area contributed by atoms with E-state index < -0.39 is 0 Å². The first-order chi connectivity index (χ1) is 10.1. The quantitative estimate of drug-likeness (QED) is 0.565. The Morgan fingerprint density at radius 3 is 2.71 bits per heavy atom. The van der Waals surface area contributed by atoms with Gasteiger partial charge in [-0.05, 0) is 34.1 Å². The second-order valence-electron chi connectivity index (χ2n) is 4.08. The molecule has 1 aliphatic heterocycles. The van der Waals surface area contributed by atoms with Gasteiger partial charge in [-0.2, -0.15) is 14.0 Å². The Balaban J connectivity index is 2.13. The van der Waals surface area contributed by atoms with Crippen LogP contribution in [0.15, 0.2) is 37.5 Å². The molecule has 0 aromatic heterocycles. The van der Waals surface area contributed by atoms with Gasteiger partial charge in [0.2, 0.25) is 0 Å². The highest BCUT2D eigenvalue weighted by Crippen LogP contribution is 2.48. The number of hydrogen-bond acceptors (Lipinski definition) is 4. The standard InChI is InChI=1S/C13H5BrCl2N4S/c14-7-2-1-3-10(6(7)5-17)18-11-8(15)4-9(16)12-13(11)20-21-19-12/h1-4,18H. The second-order valence-corrected chi connectivity index (χ2v) is 6.27. The first-order valence-corrected chi connectivity index (χ1v) is 7.95. The molecular weight excluding hydrogens is 395 g/mol. The topological polar surface area (TPSA) is 60.5 Å². The summed E-state index contributed by atoms with van der Waals surface area (Å²) in [6, 6.07) is 9.17. The van der Waals surface area contributed by atoms with Crippen LogP contribution in [0.25, 0.3) is 0 Å². The van der Waals surface area contributed by atoms with E-state index in [9.17, 15) is 5.26 Å². The van der Waals surface area contributed by atoms with Crippen molar-refractivity contribution in [2.75, 3.05) is 5.32 Å². The molecule has 0 unspecified atom stereocenters. The van der Waals surface area contributed by atoms with Crippen LogP contribution in [0.4, 0.5) is 22.7 Å². The molecule has 2 aromatic rings. The Morgan fingerprint density at radius 1 is 1.19 bits per heavy atom. The zero-order valence-corrected chi connectivity index (χ0v) is 14.1. The van der Waals surface area contributed by atoms with Crippen LogP contribution in [0.5, 0.6) is 0 Å². The number of halogens is 3. The molecule has 0 radical (unpaired) electrons. The molecule has 4 nitrogen and oxygen atoms in total. The van der Waals surface area contributed by atoms with Crippen LogP contribution in [0.3, 0.4) is 0 Å². The van der Waals surface area contributed by atoms with E-state index >= 15 is 0 Å². The molecule has 0 bridgehead atoms. The normalized spacial score (nSPS) is 11.7. The third-order valence-electron chi connectivity index (χ3n) is 2.83. The summed E-state index contributed by atoms with van der Waals surface area (Å²) in [5.41, 5.74) is 2.87. The average molecular weight is 400 g/mol. The number of rotatable bonds is 2. The summed E-state index contributed by atoms with van der Waals surface area (Å²) in [5, 5.41) is 13.3. The zero-order valence-electron chi connectivity index (χ0n) is 10.2. The van der Waals surface area contributed by atoms with Crippen LogP contribution in [-0.2, 0) is 11.4 Å². The number of nitrogens with one attached hydrogen (secondary N) is 1. The van der Waals surface area contributed by atoms with Gasteiger partial charge in [-0.1, -0.05) is 29.3 Å². The molecule has 1 heterocycles. The van der Waals surface area contributed by atoms with E-state index in [4.69, 9.17) is 23.2 Å². The van der Waals surface area contributed by atoms with Crippen molar-refractivity contribution in [3.8, 4) is 6.07 Å². The van der Waals surface area contributed by atoms with Crippen molar-refractivity contribution in [2.24, 2.45) is 8.73 Å². The molecule has 0 aliphatic carbocycles. The third-order valence-corrected chi connectivity index (χ3v) is 4.60. The second kappa shape index (κ2) is 5.78. The fourth-order valence-corrected chi connectivity index (χ4v) is 3.48. The Labute approximate surface area is 142 Å². The number of nitrogens with zero attached hydrogens (tertiary/aromatic N) is 3. The van der Waals surface area contributed by atoms with E-state index in [0.717, 1.165) is 11.4 Å². The average Bonchev–Trinajstić information content (AvgIpc) is 2.93. The monoisotopic (exact) mass is 398 g/mol. The van der Waals surface area contributed by atoms with E-state index in [0.29, 0.717) is 42.8 Å². The lowest BCUT2D eigenvalue weighted by Crippen LogP contribution is -1.95. The smallest absolute Gasteiger partial charge is 0.131 e. The summed E-state index contributed by atoms with van der Waals surface area (Å²) in [7, 11) is 0. The lowest BCUT2D eigenvalue weighted by molar-refractivity contribution is 1.43. The van der Waals surface area contributed by atoms with Crippen LogP contribution < -0.4 is 5.32 Å². The van der Waals surface area contributed by atoms with E-state index in [2.05, 4.69) is 36.0 Å². The number of hydrogen-bond donors (Lipinski definition) is 1. The summed E-state index contributed by atoms with van der Waals surface area (Å²) in [6.45, 7) is 0. The molecular formula is C13H5BrCl2N4S. The minimum atomic E-state index is 0.420. The van der Waals surface area contributed by atoms with Gasteiger partial charge in [-0.15, -0.1) is 0 Å². The Kier molecular flexibility index (Phi) is 4.00. The maximum absolute atomic E-state index is 9.26. The number of fused-ring (bicyclic) bond motifs is 1. The molecule has 0 saturated carbocycles. The highest BCUT2D eigenvalue weighted by molar-refractivity contribution is 9.10. The zero-order chi connectivity index (χ0) is 15.0. The van der Waals surface area contributed by atoms with Gasteiger partial charge in [0.1, 0.15) is 17.4 Å². The van der Waals surface area contributed by atoms with Gasteiger partial charge >= 0.3 is 0 Å². The van der Waals surface area contributed by atoms with Crippen LogP contribution in [0, 0.1) is 11.3 Å². The maximum Gasteiger partial charge on any atom is 0.131 e. The predicted octanol–water partition coefficient (Wildman–Crippen LogP) is 6.10. The molecule has 0 spiro atoms. The van der Waals surface area contributed by atoms with Crippen molar-refractivity contribution >= 4 is 73.2 Å². The molecule has 0 saturated heterocycles. The van der Waals surface area contributed by atoms with E-state index in [-0.39, 0.29) is 0 Å². The molecule has 2 aromatic carbocycles. The number of benzene rings is 2. The molecule has 0 amide bonds. The molecule has 1 N–H and O–H groups in total. The minimum Gasteiger partial charge on any atom is -0.351 e. The lowest BCUT2D eigenvalue weighted by Gasteiger charge is -2.13. The SMILES string of the molecule is N#Cc1c(Br)cccc1Nc1c(Cl)cc(Cl)c2c1N=S=N2. The van der Waals surface area contributed by atoms with E-state index in [1.807, 2.05) is 6.07 Å². The molecule has 21 heavy (non-hydrogen) atoms. The van der Waals surface area contributed by atoms with Crippen LogP contribution in [-0.4, -0.2) is 0 Å². The van der Waals surface area contributed by atoms with Crippen molar-refractivity contribution in [3.63, 3.8) is 0 Å². The summed E-state index contributed by atoms with van der Waals surface area (Å²) in [5.74, 6) is 0. The summed E-state index contributed by atoms with van der Waals surface area (Å²) in [6.07, 6.45) is 0. The highest BCUT2D eigenvalue weighted by atomic mass is 79.9. The summed E-state index contributed by atoms with van der Waals surface area (Å²) in [4.78, 5) is 0. The molecule has 3 rings (SSSR count). The fraction of sp³-hybridized carbons (Fsp3) is 0. The first kappa shape index (κ1) is 14.5.